The first kappa shape index (κ1) is 37.3. The molecule has 0 saturated heterocycles. The normalized spacial score (nSPS) is 14.8. The standard InChI is InChI=1S/C46H61NOS/c1-37(2)17-14-18-38(3)19-15-20-39(4)21-16-31-47-32-30-40-35-45(29-28-41(40)36-47)48-33-34-49-46(42-22-8-5-9-23-42,43-24-10-6-11-25-43)44-26-12-7-13-27-44/h5-13,22-29,35,37-39H,14-21,30-34,36H2,1-4H3/t38-,39-/m1/s1. The molecular formula is C46H61NOS. The molecule has 3 heteroatoms. The number of hydrogen-bond donors (Lipinski definition) is 0. The molecule has 49 heavy (non-hydrogen) atoms. The maximum Gasteiger partial charge on any atom is 0.119 e. The Bertz CT molecular complexity index is 1390. The summed E-state index contributed by atoms with van der Waals surface area (Å²) in [4.78, 5) is 2.67. The lowest BCUT2D eigenvalue weighted by molar-refractivity contribution is 0.241. The summed E-state index contributed by atoms with van der Waals surface area (Å²) in [6, 6.07) is 39.6. The lowest BCUT2D eigenvalue weighted by Gasteiger charge is -2.35. The lowest BCUT2D eigenvalue weighted by atomic mass is 9.84. The van der Waals surface area contributed by atoms with E-state index in [1.54, 1.807) is 0 Å². The van der Waals surface area contributed by atoms with E-state index in [9.17, 15) is 0 Å². The minimum absolute atomic E-state index is 0.310. The molecule has 0 aromatic heterocycles. The van der Waals surface area contributed by atoms with Crippen LogP contribution in [-0.4, -0.2) is 30.3 Å². The number of nitrogens with zero attached hydrogens (tertiary/aromatic N) is 1. The van der Waals surface area contributed by atoms with Crippen molar-refractivity contribution in [3.63, 3.8) is 0 Å². The van der Waals surface area contributed by atoms with E-state index < -0.39 is 0 Å². The fraction of sp³-hybridized carbons (Fsp3) is 0.478. The van der Waals surface area contributed by atoms with Crippen molar-refractivity contribution in [2.24, 2.45) is 17.8 Å². The summed E-state index contributed by atoms with van der Waals surface area (Å²) < 4.78 is 6.12. The Hall–Kier alpha value is -3.01. The van der Waals surface area contributed by atoms with E-state index >= 15 is 0 Å². The Kier molecular flexibility index (Phi) is 14.7. The van der Waals surface area contributed by atoms with E-state index in [0.29, 0.717) is 6.61 Å². The zero-order chi connectivity index (χ0) is 34.3. The van der Waals surface area contributed by atoms with Crippen molar-refractivity contribution < 1.29 is 4.74 Å². The van der Waals surface area contributed by atoms with Gasteiger partial charge in [-0.3, -0.25) is 4.90 Å². The minimum atomic E-state index is -0.310. The van der Waals surface area contributed by atoms with Crippen molar-refractivity contribution in [3.8, 4) is 5.75 Å². The van der Waals surface area contributed by atoms with Crippen LogP contribution in [0.3, 0.4) is 0 Å². The van der Waals surface area contributed by atoms with Gasteiger partial charge in [-0.2, -0.15) is 0 Å². The van der Waals surface area contributed by atoms with Gasteiger partial charge < -0.3 is 4.74 Å². The molecule has 0 aliphatic carbocycles. The number of fused-ring (bicyclic) bond motifs is 1. The molecule has 4 aromatic rings. The minimum Gasteiger partial charge on any atom is -0.493 e. The van der Waals surface area contributed by atoms with Gasteiger partial charge in [0, 0.05) is 18.8 Å². The van der Waals surface area contributed by atoms with E-state index in [-0.39, 0.29) is 4.75 Å². The molecule has 1 aliphatic rings. The monoisotopic (exact) mass is 675 g/mol. The molecule has 5 rings (SSSR count). The summed E-state index contributed by atoms with van der Waals surface area (Å²) in [5.74, 6) is 4.46. The van der Waals surface area contributed by atoms with Crippen molar-refractivity contribution in [1.29, 1.82) is 0 Å². The van der Waals surface area contributed by atoms with Crippen molar-refractivity contribution in [2.75, 3.05) is 25.4 Å². The molecule has 0 saturated carbocycles. The topological polar surface area (TPSA) is 12.5 Å². The maximum absolute atomic E-state index is 6.43. The second-order valence-electron chi connectivity index (χ2n) is 15.0. The SMILES string of the molecule is CC(C)CCC[C@@H](C)CCC[C@@H](C)CCCN1CCc2cc(OCCSC(c3ccccc3)(c3ccccc3)c3ccccc3)ccc2C1. The molecule has 1 aliphatic heterocycles. The molecule has 0 amide bonds. The van der Waals surface area contributed by atoms with E-state index in [2.05, 4.69) is 142 Å². The highest BCUT2D eigenvalue weighted by Crippen LogP contribution is 2.48. The fourth-order valence-electron chi connectivity index (χ4n) is 7.63. The first-order valence-corrected chi connectivity index (χ1v) is 20.2. The van der Waals surface area contributed by atoms with Crippen LogP contribution in [0.2, 0.25) is 0 Å². The van der Waals surface area contributed by atoms with Crippen molar-refractivity contribution in [1.82, 2.24) is 4.90 Å². The Morgan fingerprint density at radius 2 is 1.16 bits per heavy atom. The van der Waals surface area contributed by atoms with E-state index in [4.69, 9.17) is 4.74 Å². The average molecular weight is 676 g/mol. The van der Waals surface area contributed by atoms with Crippen LogP contribution in [0.4, 0.5) is 0 Å². The molecule has 0 unspecified atom stereocenters. The molecule has 262 valence electrons. The zero-order valence-corrected chi connectivity index (χ0v) is 31.6. The highest BCUT2D eigenvalue weighted by Gasteiger charge is 2.36. The molecule has 1 heterocycles. The van der Waals surface area contributed by atoms with Crippen LogP contribution in [0.25, 0.3) is 0 Å². The van der Waals surface area contributed by atoms with E-state index in [1.165, 1.54) is 85.7 Å². The molecule has 0 N–H and O–H groups in total. The summed E-state index contributed by atoms with van der Waals surface area (Å²) in [6.07, 6.45) is 12.2. The number of rotatable bonds is 20. The van der Waals surface area contributed by atoms with Crippen LogP contribution in [0, 0.1) is 17.8 Å². The van der Waals surface area contributed by atoms with Crippen LogP contribution in [-0.2, 0) is 17.7 Å². The van der Waals surface area contributed by atoms with Gasteiger partial charge in [0.2, 0.25) is 0 Å². The summed E-state index contributed by atoms with van der Waals surface area (Å²) >= 11 is 1.96. The zero-order valence-electron chi connectivity index (χ0n) is 30.8. The largest absolute Gasteiger partial charge is 0.493 e. The molecular weight excluding hydrogens is 615 g/mol. The quantitative estimate of drug-likeness (QED) is 0.0683. The van der Waals surface area contributed by atoms with Gasteiger partial charge in [-0.25, -0.2) is 0 Å². The van der Waals surface area contributed by atoms with Gasteiger partial charge in [0.15, 0.2) is 0 Å². The first-order valence-electron chi connectivity index (χ1n) is 19.2. The predicted molar refractivity (Wildman–Crippen MR) is 213 cm³/mol. The number of ether oxygens (including phenoxy) is 1. The Morgan fingerprint density at radius 1 is 0.633 bits per heavy atom. The van der Waals surface area contributed by atoms with Gasteiger partial charge in [0.1, 0.15) is 5.75 Å². The van der Waals surface area contributed by atoms with Gasteiger partial charge >= 0.3 is 0 Å². The molecule has 0 bridgehead atoms. The van der Waals surface area contributed by atoms with Gasteiger partial charge in [-0.05, 0) is 83.5 Å². The Balaban J connectivity index is 1.08. The molecule has 4 aromatic carbocycles. The van der Waals surface area contributed by atoms with Crippen LogP contribution >= 0.6 is 11.8 Å². The second kappa shape index (κ2) is 19.4. The summed E-state index contributed by atoms with van der Waals surface area (Å²) in [5.41, 5.74) is 6.82. The van der Waals surface area contributed by atoms with Crippen LogP contribution in [0.5, 0.6) is 5.75 Å². The van der Waals surface area contributed by atoms with Crippen LogP contribution in [0.15, 0.2) is 109 Å². The molecule has 2 nitrogen and oxygen atoms in total. The van der Waals surface area contributed by atoms with Gasteiger partial charge in [-0.15, -0.1) is 11.8 Å². The number of hydrogen-bond acceptors (Lipinski definition) is 3. The highest BCUT2D eigenvalue weighted by atomic mass is 32.2. The Morgan fingerprint density at radius 3 is 1.71 bits per heavy atom. The maximum atomic E-state index is 6.43. The smallest absolute Gasteiger partial charge is 0.119 e. The summed E-state index contributed by atoms with van der Waals surface area (Å²) in [6.45, 7) is 13.7. The van der Waals surface area contributed by atoms with Gasteiger partial charge in [0.05, 0.1) is 11.4 Å². The number of benzene rings is 4. The van der Waals surface area contributed by atoms with Crippen molar-refractivity contribution >= 4 is 11.8 Å². The summed E-state index contributed by atoms with van der Waals surface area (Å²) in [7, 11) is 0. The highest BCUT2D eigenvalue weighted by molar-refractivity contribution is 8.00. The first-order chi connectivity index (χ1) is 23.9. The number of thioether (sulfide) groups is 1. The predicted octanol–water partition coefficient (Wildman–Crippen LogP) is 12.2. The molecule has 0 spiro atoms. The third-order valence-corrected chi connectivity index (χ3v) is 12.0. The molecule has 2 atom stereocenters. The van der Waals surface area contributed by atoms with Crippen LogP contribution in [0.1, 0.15) is 107 Å². The molecule has 0 fully saturated rings. The lowest BCUT2D eigenvalue weighted by Crippen LogP contribution is -2.31. The van der Waals surface area contributed by atoms with Crippen molar-refractivity contribution in [2.45, 2.75) is 96.8 Å². The fourth-order valence-corrected chi connectivity index (χ4v) is 9.01. The third kappa shape index (κ3) is 11.0. The van der Waals surface area contributed by atoms with Gasteiger partial charge in [0.25, 0.3) is 0 Å². The Labute approximate surface area is 303 Å². The summed E-state index contributed by atoms with van der Waals surface area (Å²) in [5, 5.41) is 0. The second-order valence-corrected chi connectivity index (χ2v) is 16.4. The van der Waals surface area contributed by atoms with E-state index in [1.807, 2.05) is 11.8 Å². The molecule has 0 radical (unpaired) electrons. The average Bonchev–Trinajstić information content (AvgIpc) is 3.13. The van der Waals surface area contributed by atoms with Crippen molar-refractivity contribution in [3.05, 3.63) is 137 Å². The van der Waals surface area contributed by atoms with Gasteiger partial charge in [-0.1, -0.05) is 163 Å². The third-order valence-electron chi connectivity index (χ3n) is 10.5. The van der Waals surface area contributed by atoms with E-state index in [0.717, 1.165) is 48.8 Å². The van der Waals surface area contributed by atoms with Crippen LogP contribution < -0.4 is 4.74 Å².